The van der Waals surface area contributed by atoms with Gasteiger partial charge < -0.3 is 5.32 Å². The number of rotatable bonds is 7. The maximum atomic E-state index is 12.3. The summed E-state index contributed by atoms with van der Waals surface area (Å²) in [5, 5.41) is 5.48. The Balaban J connectivity index is 1.29. The van der Waals surface area contributed by atoms with Gasteiger partial charge in [-0.25, -0.2) is 9.97 Å². The van der Waals surface area contributed by atoms with E-state index in [4.69, 9.17) is 0 Å². The van der Waals surface area contributed by atoms with Crippen molar-refractivity contribution in [2.45, 2.75) is 44.8 Å². The summed E-state index contributed by atoms with van der Waals surface area (Å²) in [7, 11) is 0. The molecule has 0 spiro atoms. The van der Waals surface area contributed by atoms with E-state index in [2.05, 4.69) is 22.2 Å². The van der Waals surface area contributed by atoms with Crippen molar-refractivity contribution in [2.24, 2.45) is 5.92 Å². The second-order valence-electron chi connectivity index (χ2n) is 6.97. The molecular formula is C19H22N4O2S3. The minimum absolute atomic E-state index is 0.0601. The fourth-order valence-electron chi connectivity index (χ4n) is 3.52. The third-order valence-electron chi connectivity index (χ3n) is 4.82. The van der Waals surface area contributed by atoms with Gasteiger partial charge in [0.25, 0.3) is 5.56 Å². The van der Waals surface area contributed by atoms with Gasteiger partial charge >= 0.3 is 0 Å². The van der Waals surface area contributed by atoms with E-state index in [1.807, 2.05) is 5.38 Å². The monoisotopic (exact) mass is 434 g/mol. The van der Waals surface area contributed by atoms with Crippen LogP contribution < -0.4 is 10.9 Å². The van der Waals surface area contributed by atoms with Gasteiger partial charge in [-0.3, -0.25) is 14.0 Å². The Morgan fingerprint density at radius 3 is 3.18 bits per heavy atom. The van der Waals surface area contributed by atoms with Gasteiger partial charge in [0.2, 0.25) is 5.91 Å². The van der Waals surface area contributed by atoms with Crippen LogP contribution in [0, 0.1) is 5.92 Å². The topological polar surface area (TPSA) is 76.4 Å². The number of aromatic nitrogens is 3. The maximum Gasteiger partial charge on any atom is 0.258 e. The maximum absolute atomic E-state index is 12.3. The lowest BCUT2D eigenvalue weighted by Gasteiger charge is -2.19. The lowest BCUT2D eigenvalue weighted by Crippen LogP contribution is -2.15. The zero-order valence-electron chi connectivity index (χ0n) is 15.6. The molecule has 6 nitrogen and oxygen atoms in total. The van der Waals surface area contributed by atoms with E-state index in [1.54, 1.807) is 17.5 Å². The molecule has 9 heteroatoms. The number of hydrogen-bond donors (Lipinski definition) is 1. The smallest absolute Gasteiger partial charge is 0.258 e. The summed E-state index contributed by atoms with van der Waals surface area (Å²) in [5.74, 6) is 1.54. The molecule has 4 rings (SSSR count). The number of nitrogens with zero attached hydrogens (tertiary/aromatic N) is 3. The molecule has 0 bridgehead atoms. The third kappa shape index (κ3) is 4.47. The van der Waals surface area contributed by atoms with Crippen molar-refractivity contribution in [3.8, 4) is 0 Å². The van der Waals surface area contributed by atoms with Crippen LogP contribution in [0.25, 0.3) is 4.96 Å². The second kappa shape index (κ2) is 8.75. The zero-order valence-corrected chi connectivity index (χ0v) is 18.1. The van der Waals surface area contributed by atoms with E-state index >= 15 is 0 Å². The summed E-state index contributed by atoms with van der Waals surface area (Å²) in [6.07, 6.45) is 7.53. The fourth-order valence-corrected chi connectivity index (χ4v) is 6.11. The third-order valence-corrected chi connectivity index (χ3v) is 7.58. The molecule has 1 aliphatic rings. The number of aryl methyl sites for hydroxylation is 1. The minimum Gasteiger partial charge on any atom is -0.301 e. The number of carbonyl (C=O) groups is 1. The lowest BCUT2D eigenvalue weighted by molar-refractivity contribution is -0.113. The standard InChI is InChI=1S/C19H22N4O2S3/c1-2-3-12-4-5-14-15(8-12)28-18(21-14)22-16(24)11-26-10-13-9-17(25)23-6-7-27-19(23)20-13/h6-7,9,12H,2-5,8,10-11H2,1H3,(H,21,22,24). The Morgan fingerprint density at radius 1 is 1.43 bits per heavy atom. The predicted octanol–water partition coefficient (Wildman–Crippen LogP) is 3.99. The molecular weight excluding hydrogens is 412 g/mol. The largest absolute Gasteiger partial charge is 0.301 e. The summed E-state index contributed by atoms with van der Waals surface area (Å²) in [4.78, 5) is 35.4. The molecule has 0 aromatic carbocycles. The first-order chi connectivity index (χ1) is 13.6. The highest BCUT2D eigenvalue weighted by atomic mass is 32.2. The number of hydrogen-bond acceptors (Lipinski definition) is 7. The van der Waals surface area contributed by atoms with Crippen molar-refractivity contribution in [1.29, 1.82) is 0 Å². The first-order valence-corrected chi connectivity index (χ1v) is 12.3. The van der Waals surface area contributed by atoms with E-state index < -0.39 is 0 Å². The molecule has 0 fully saturated rings. The molecule has 1 aliphatic carbocycles. The van der Waals surface area contributed by atoms with E-state index in [-0.39, 0.29) is 11.5 Å². The molecule has 0 radical (unpaired) electrons. The number of thiazole rings is 2. The van der Waals surface area contributed by atoms with Gasteiger partial charge in [-0.05, 0) is 25.2 Å². The SMILES string of the molecule is CCCC1CCc2nc(NC(=O)CSCc3cc(=O)n4ccsc4n3)sc2C1. The van der Waals surface area contributed by atoms with Crippen molar-refractivity contribution >= 4 is 50.4 Å². The van der Waals surface area contributed by atoms with Gasteiger partial charge in [0, 0.05) is 28.3 Å². The predicted molar refractivity (Wildman–Crippen MR) is 117 cm³/mol. The van der Waals surface area contributed by atoms with Crippen LogP contribution in [0.5, 0.6) is 0 Å². The normalized spacial score (nSPS) is 16.2. The number of anilines is 1. The van der Waals surface area contributed by atoms with Crippen molar-refractivity contribution < 1.29 is 4.79 Å². The molecule has 1 N–H and O–H groups in total. The number of fused-ring (bicyclic) bond motifs is 2. The summed E-state index contributed by atoms with van der Waals surface area (Å²) < 4.78 is 1.53. The summed E-state index contributed by atoms with van der Waals surface area (Å²) in [6, 6.07) is 1.53. The van der Waals surface area contributed by atoms with E-state index in [1.165, 1.54) is 57.7 Å². The van der Waals surface area contributed by atoms with Gasteiger partial charge in [-0.15, -0.1) is 34.4 Å². The van der Waals surface area contributed by atoms with Gasteiger partial charge in [-0.1, -0.05) is 19.8 Å². The average Bonchev–Trinajstić information content (AvgIpc) is 3.28. The molecule has 0 aliphatic heterocycles. The van der Waals surface area contributed by atoms with Crippen LogP contribution in [0.2, 0.25) is 0 Å². The molecule has 1 atom stereocenters. The van der Waals surface area contributed by atoms with E-state index in [0.29, 0.717) is 27.3 Å². The first-order valence-electron chi connectivity index (χ1n) is 9.44. The molecule has 0 saturated carbocycles. The van der Waals surface area contributed by atoms with E-state index in [0.717, 1.165) is 24.5 Å². The molecule has 3 heterocycles. The van der Waals surface area contributed by atoms with Crippen LogP contribution in [0.3, 0.4) is 0 Å². The Hall–Kier alpha value is -1.71. The molecule has 3 aromatic rings. The van der Waals surface area contributed by atoms with Crippen molar-refractivity contribution in [1.82, 2.24) is 14.4 Å². The van der Waals surface area contributed by atoms with Gasteiger partial charge in [0.05, 0.1) is 17.1 Å². The molecule has 0 saturated heterocycles. The second-order valence-corrected chi connectivity index (χ2v) is 9.91. The average molecular weight is 435 g/mol. The zero-order chi connectivity index (χ0) is 19.5. The molecule has 148 valence electrons. The highest BCUT2D eigenvalue weighted by molar-refractivity contribution is 7.99. The van der Waals surface area contributed by atoms with Crippen LogP contribution >= 0.6 is 34.4 Å². The highest BCUT2D eigenvalue weighted by Crippen LogP contribution is 2.34. The first kappa shape index (κ1) is 19.6. The highest BCUT2D eigenvalue weighted by Gasteiger charge is 2.22. The van der Waals surface area contributed by atoms with Crippen LogP contribution in [0.15, 0.2) is 22.4 Å². The van der Waals surface area contributed by atoms with Crippen LogP contribution in [-0.2, 0) is 23.4 Å². The van der Waals surface area contributed by atoms with Crippen molar-refractivity contribution in [3.05, 3.63) is 44.3 Å². The Morgan fingerprint density at radius 2 is 2.32 bits per heavy atom. The Labute approximate surface area is 175 Å². The number of amides is 1. The number of thioether (sulfide) groups is 1. The summed E-state index contributed by atoms with van der Waals surface area (Å²) in [6.45, 7) is 2.23. The van der Waals surface area contributed by atoms with Gasteiger partial charge in [-0.2, -0.15) is 0 Å². The fraction of sp³-hybridized carbons (Fsp3) is 0.474. The van der Waals surface area contributed by atoms with Crippen molar-refractivity contribution in [3.63, 3.8) is 0 Å². The Kier molecular flexibility index (Phi) is 6.13. The van der Waals surface area contributed by atoms with Gasteiger partial charge in [0.1, 0.15) is 0 Å². The van der Waals surface area contributed by atoms with Crippen LogP contribution in [0.1, 0.15) is 42.5 Å². The lowest BCUT2D eigenvalue weighted by atomic mass is 9.88. The molecule has 1 unspecified atom stereocenters. The molecule has 1 amide bonds. The van der Waals surface area contributed by atoms with Crippen LogP contribution in [-0.4, -0.2) is 26.0 Å². The summed E-state index contributed by atoms with van der Waals surface area (Å²) in [5.41, 5.74) is 1.78. The Bertz CT molecular complexity index is 1040. The van der Waals surface area contributed by atoms with E-state index in [9.17, 15) is 9.59 Å². The number of nitrogens with one attached hydrogen (secondary N) is 1. The summed E-state index contributed by atoms with van der Waals surface area (Å²) >= 11 is 4.50. The van der Waals surface area contributed by atoms with Gasteiger partial charge in [0.15, 0.2) is 10.1 Å². The molecule has 3 aromatic heterocycles. The number of carbonyl (C=O) groups excluding carboxylic acids is 1. The minimum atomic E-state index is -0.0824. The quantitative estimate of drug-likeness (QED) is 0.608. The van der Waals surface area contributed by atoms with Crippen molar-refractivity contribution in [2.75, 3.05) is 11.1 Å². The van der Waals surface area contributed by atoms with Crippen LogP contribution in [0.4, 0.5) is 5.13 Å². The molecule has 28 heavy (non-hydrogen) atoms.